The van der Waals surface area contributed by atoms with Crippen LogP contribution in [-0.4, -0.2) is 24.6 Å². The van der Waals surface area contributed by atoms with Gasteiger partial charge < -0.3 is 23.7 Å². The molecule has 0 aromatic heterocycles. The van der Waals surface area contributed by atoms with Gasteiger partial charge in [0.1, 0.15) is 17.2 Å². The van der Waals surface area contributed by atoms with Crippen LogP contribution < -0.4 is 18.9 Å². The maximum absolute atomic E-state index is 13.9. The van der Waals surface area contributed by atoms with E-state index in [2.05, 4.69) is 0 Å². The van der Waals surface area contributed by atoms with Gasteiger partial charge in [0.15, 0.2) is 24.4 Å². The third kappa shape index (κ3) is 4.73. The first-order valence-corrected chi connectivity index (χ1v) is 11.9. The standard InChI is InChI=1S/C27H16ClF5O7/c1-10-16(40-27(35)11(2)38-26-21(32)19(30)18(29)20(31)22(26)33)4-3-15-23(34)17(39-24(10)15)7-12-5-14(28)6-13-8-36-9-37-25(12)13/h3-7,11H,8-9H2,1-2H3/b17-7-. The van der Waals surface area contributed by atoms with Gasteiger partial charge in [-0.1, -0.05) is 11.6 Å². The van der Waals surface area contributed by atoms with Crippen molar-refractivity contribution in [2.75, 3.05) is 6.79 Å². The molecule has 0 spiro atoms. The first kappa shape index (κ1) is 27.4. The van der Waals surface area contributed by atoms with Gasteiger partial charge in [0, 0.05) is 21.7 Å². The van der Waals surface area contributed by atoms with Gasteiger partial charge in [-0.3, -0.25) is 4.79 Å². The highest BCUT2D eigenvalue weighted by Crippen LogP contribution is 2.41. The van der Waals surface area contributed by atoms with Crippen LogP contribution in [0.1, 0.15) is 34.0 Å². The van der Waals surface area contributed by atoms with E-state index >= 15 is 0 Å². The Bertz CT molecular complexity index is 1590. The van der Waals surface area contributed by atoms with Crippen LogP contribution >= 0.6 is 11.6 Å². The number of Topliss-reactive ketones (excluding diaryl/α,β-unsaturated/α-hetero) is 1. The maximum Gasteiger partial charge on any atom is 0.352 e. The molecule has 13 heteroatoms. The Kier molecular flexibility index (Phi) is 7.15. The van der Waals surface area contributed by atoms with Crippen LogP contribution in [0.25, 0.3) is 6.08 Å². The average molecular weight is 583 g/mol. The van der Waals surface area contributed by atoms with Crippen LogP contribution in [0.2, 0.25) is 5.02 Å². The SMILES string of the molecule is Cc1c(OC(=O)C(C)Oc2c(F)c(F)c(F)c(F)c2F)ccc2c1O/C(=C\c1cc(Cl)cc3c1OCOC3)C2=O. The molecule has 0 bridgehead atoms. The lowest BCUT2D eigenvalue weighted by Crippen LogP contribution is -2.29. The molecule has 208 valence electrons. The van der Waals surface area contributed by atoms with Crippen molar-refractivity contribution in [3.05, 3.63) is 86.4 Å². The lowest BCUT2D eigenvalue weighted by atomic mass is 10.0. The Balaban J connectivity index is 1.37. The van der Waals surface area contributed by atoms with E-state index in [1.54, 1.807) is 12.1 Å². The van der Waals surface area contributed by atoms with Crippen LogP contribution in [0.4, 0.5) is 22.0 Å². The van der Waals surface area contributed by atoms with Crippen molar-refractivity contribution in [3.63, 3.8) is 0 Å². The fraction of sp³-hybridized carbons (Fsp3) is 0.185. The summed E-state index contributed by atoms with van der Waals surface area (Å²) in [7, 11) is 0. The zero-order chi connectivity index (χ0) is 28.9. The van der Waals surface area contributed by atoms with Crippen molar-refractivity contribution in [2.24, 2.45) is 0 Å². The normalized spacial score (nSPS) is 15.7. The van der Waals surface area contributed by atoms with Crippen molar-refractivity contribution in [1.29, 1.82) is 0 Å². The quantitative estimate of drug-likeness (QED) is 0.0885. The lowest BCUT2D eigenvalue weighted by molar-refractivity contribution is -0.141. The summed E-state index contributed by atoms with van der Waals surface area (Å²) in [4.78, 5) is 25.6. The van der Waals surface area contributed by atoms with Gasteiger partial charge in [-0.2, -0.15) is 8.78 Å². The summed E-state index contributed by atoms with van der Waals surface area (Å²) in [5, 5.41) is 0.384. The number of hydrogen-bond acceptors (Lipinski definition) is 7. The molecule has 0 saturated carbocycles. The summed E-state index contributed by atoms with van der Waals surface area (Å²) in [6.45, 7) is 2.75. The summed E-state index contributed by atoms with van der Waals surface area (Å²) in [5.74, 6) is -14.3. The number of ketones is 1. The van der Waals surface area contributed by atoms with Crippen LogP contribution in [0, 0.1) is 36.0 Å². The number of carbonyl (C=O) groups excluding carboxylic acids is 2. The second kappa shape index (κ2) is 10.4. The largest absolute Gasteiger partial charge is 0.473 e. The molecule has 0 amide bonds. The van der Waals surface area contributed by atoms with Crippen LogP contribution in [-0.2, 0) is 16.1 Å². The number of hydrogen-bond donors (Lipinski definition) is 0. The van der Waals surface area contributed by atoms with E-state index in [4.69, 9.17) is 35.3 Å². The third-order valence-electron chi connectivity index (χ3n) is 6.03. The molecule has 5 rings (SSSR count). The summed E-state index contributed by atoms with van der Waals surface area (Å²) in [6, 6.07) is 5.88. The lowest BCUT2D eigenvalue weighted by Gasteiger charge is -2.20. The van der Waals surface area contributed by atoms with Crippen molar-refractivity contribution >= 4 is 29.4 Å². The number of rotatable bonds is 5. The predicted molar refractivity (Wildman–Crippen MR) is 128 cm³/mol. The minimum Gasteiger partial charge on any atom is -0.473 e. The van der Waals surface area contributed by atoms with Gasteiger partial charge in [-0.05, 0) is 44.2 Å². The number of benzene rings is 3. The molecule has 1 unspecified atom stereocenters. The van der Waals surface area contributed by atoms with Crippen molar-refractivity contribution in [2.45, 2.75) is 26.6 Å². The predicted octanol–water partition coefficient (Wildman–Crippen LogP) is 6.20. The zero-order valence-corrected chi connectivity index (χ0v) is 21.3. The highest BCUT2D eigenvalue weighted by atomic mass is 35.5. The number of carbonyl (C=O) groups is 2. The van der Waals surface area contributed by atoms with Crippen molar-refractivity contribution < 1.29 is 55.2 Å². The second-order valence-electron chi connectivity index (χ2n) is 8.68. The molecule has 0 aliphatic carbocycles. The van der Waals surface area contributed by atoms with E-state index in [1.165, 1.54) is 25.1 Å². The summed E-state index contributed by atoms with van der Waals surface area (Å²) in [5.41, 5.74) is 1.53. The third-order valence-corrected chi connectivity index (χ3v) is 6.25. The van der Waals surface area contributed by atoms with Gasteiger partial charge in [0.05, 0.1) is 12.2 Å². The molecule has 2 heterocycles. The fourth-order valence-corrected chi connectivity index (χ4v) is 4.29. The molecule has 2 aliphatic heterocycles. The molecule has 3 aromatic rings. The molecule has 40 heavy (non-hydrogen) atoms. The van der Waals surface area contributed by atoms with Crippen molar-refractivity contribution in [3.8, 4) is 23.0 Å². The molecule has 3 aromatic carbocycles. The van der Waals surface area contributed by atoms with Crippen LogP contribution in [0.15, 0.2) is 30.0 Å². The smallest absolute Gasteiger partial charge is 0.352 e. The fourth-order valence-electron chi connectivity index (χ4n) is 4.04. The Morgan fingerprint density at radius 2 is 1.70 bits per heavy atom. The molecule has 2 aliphatic rings. The molecular weight excluding hydrogens is 567 g/mol. The molecule has 0 saturated heterocycles. The molecule has 0 fully saturated rings. The summed E-state index contributed by atoms with van der Waals surface area (Å²) in [6.07, 6.45) is -0.347. The number of ether oxygens (including phenoxy) is 5. The van der Waals surface area contributed by atoms with Gasteiger partial charge in [-0.15, -0.1) is 0 Å². The summed E-state index contributed by atoms with van der Waals surface area (Å²) < 4.78 is 94.6. The Morgan fingerprint density at radius 3 is 2.40 bits per heavy atom. The Hall–Kier alpha value is -4.16. The number of halogens is 6. The topological polar surface area (TPSA) is 80.3 Å². The Labute approximate surface area is 227 Å². The molecule has 1 atom stereocenters. The number of allylic oxidation sites excluding steroid dienone is 1. The molecular formula is C27H16ClF5O7. The number of esters is 1. The highest BCUT2D eigenvalue weighted by molar-refractivity contribution is 6.31. The minimum absolute atomic E-state index is 0.0140. The molecule has 0 radical (unpaired) electrons. The average Bonchev–Trinajstić information content (AvgIpc) is 3.25. The van der Waals surface area contributed by atoms with E-state index in [0.29, 0.717) is 21.9 Å². The molecule has 7 nitrogen and oxygen atoms in total. The first-order valence-electron chi connectivity index (χ1n) is 11.5. The van der Waals surface area contributed by atoms with Crippen molar-refractivity contribution in [1.82, 2.24) is 0 Å². The second-order valence-corrected chi connectivity index (χ2v) is 9.12. The van der Waals surface area contributed by atoms with E-state index in [9.17, 15) is 31.5 Å². The van der Waals surface area contributed by atoms with E-state index < -0.39 is 52.7 Å². The van der Waals surface area contributed by atoms with E-state index in [-0.39, 0.29) is 41.8 Å². The molecule has 0 N–H and O–H groups in total. The van der Waals surface area contributed by atoms with Gasteiger partial charge in [-0.25, -0.2) is 18.0 Å². The highest BCUT2D eigenvalue weighted by Gasteiger charge is 2.33. The maximum atomic E-state index is 13.9. The summed E-state index contributed by atoms with van der Waals surface area (Å²) >= 11 is 6.18. The van der Waals surface area contributed by atoms with Gasteiger partial charge in [0.2, 0.25) is 34.9 Å². The number of fused-ring (bicyclic) bond motifs is 2. The first-order chi connectivity index (χ1) is 19.0. The van der Waals surface area contributed by atoms with E-state index in [1.807, 2.05) is 0 Å². The van der Waals surface area contributed by atoms with Crippen LogP contribution in [0.3, 0.4) is 0 Å². The minimum atomic E-state index is -2.37. The van der Waals surface area contributed by atoms with Crippen LogP contribution in [0.5, 0.6) is 23.0 Å². The van der Waals surface area contributed by atoms with Gasteiger partial charge >= 0.3 is 5.97 Å². The van der Waals surface area contributed by atoms with E-state index in [0.717, 1.165) is 6.92 Å². The Morgan fingerprint density at radius 1 is 1.02 bits per heavy atom. The van der Waals surface area contributed by atoms with Gasteiger partial charge in [0.25, 0.3) is 0 Å². The monoisotopic (exact) mass is 582 g/mol. The zero-order valence-electron chi connectivity index (χ0n) is 20.5.